The number of benzene rings is 4. The molecule has 4 aromatic carbocycles. The third-order valence-electron chi connectivity index (χ3n) is 4.62. The molecule has 4 aromatic rings. The molecular formula is C23H18O3. The van der Waals surface area contributed by atoms with Crippen LogP contribution in [0.3, 0.4) is 0 Å². The molecule has 0 aliphatic carbocycles. The molecule has 0 saturated carbocycles. The zero-order valence-corrected chi connectivity index (χ0v) is 14.4. The van der Waals surface area contributed by atoms with Gasteiger partial charge >= 0.3 is 0 Å². The summed E-state index contributed by atoms with van der Waals surface area (Å²) in [4.78, 5) is 11.5. The number of aldehydes is 1. The smallest absolute Gasteiger partial charge is 0.153 e. The molecule has 0 aliphatic rings. The minimum absolute atomic E-state index is 0.0176. The van der Waals surface area contributed by atoms with E-state index in [4.69, 9.17) is 4.74 Å². The summed E-state index contributed by atoms with van der Waals surface area (Å²) in [6, 6.07) is 21.4. The molecule has 3 heteroatoms. The first kappa shape index (κ1) is 16.2. The van der Waals surface area contributed by atoms with E-state index in [0.29, 0.717) is 24.2 Å². The number of carbonyl (C=O) groups is 1. The van der Waals surface area contributed by atoms with Crippen molar-refractivity contribution in [1.29, 1.82) is 0 Å². The van der Waals surface area contributed by atoms with Crippen molar-refractivity contribution in [3.05, 3.63) is 72.3 Å². The van der Waals surface area contributed by atoms with E-state index in [0.717, 1.165) is 27.1 Å². The SMILES string of the molecule is CCOc1ccc2ccccc2c1-c1c(O)c(C=O)cc2ccccc12. The van der Waals surface area contributed by atoms with E-state index in [9.17, 15) is 9.90 Å². The Kier molecular flexibility index (Phi) is 4.05. The lowest BCUT2D eigenvalue weighted by atomic mass is 9.90. The predicted molar refractivity (Wildman–Crippen MR) is 105 cm³/mol. The van der Waals surface area contributed by atoms with Crippen molar-refractivity contribution >= 4 is 27.8 Å². The molecule has 3 nitrogen and oxygen atoms in total. The second-order valence-electron chi connectivity index (χ2n) is 6.12. The van der Waals surface area contributed by atoms with E-state index in [-0.39, 0.29) is 11.3 Å². The average molecular weight is 342 g/mol. The third kappa shape index (κ3) is 2.49. The first-order valence-corrected chi connectivity index (χ1v) is 8.59. The van der Waals surface area contributed by atoms with E-state index in [2.05, 4.69) is 0 Å². The van der Waals surface area contributed by atoms with Crippen molar-refractivity contribution in [3.63, 3.8) is 0 Å². The van der Waals surface area contributed by atoms with E-state index in [1.165, 1.54) is 0 Å². The molecular weight excluding hydrogens is 324 g/mol. The largest absolute Gasteiger partial charge is 0.507 e. The Morgan fingerprint density at radius 2 is 1.54 bits per heavy atom. The first-order valence-electron chi connectivity index (χ1n) is 8.59. The van der Waals surface area contributed by atoms with Gasteiger partial charge in [0.15, 0.2) is 6.29 Å². The van der Waals surface area contributed by atoms with Crippen molar-refractivity contribution in [2.24, 2.45) is 0 Å². The van der Waals surface area contributed by atoms with Crippen LogP contribution in [0.2, 0.25) is 0 Å². The van der Waals surface area contributed by atoms with Gasteiger partial charge in [-0.05, 0) is 40.6 Å². The van der Waals surface area contributed by atoms with Crippen LogP contribution in [0.4, 0.5) is 0 Å². The second kappa shape index (κ2) is 6.52. The summed E-state index contributed by atoms with van der Waals surface area (Å²) < 4.78 is 5.88. The van der Waals surface area contributed by atoms with Gasteiger partial charge in [0.25, 0.3) is 0 Å². The fraction of sp³-hybridized carbons (Fsp3) is 0.0870. The molecule has 0 fully saturated rings. The summed E-state index contributed by atoms with van der Waals surface area (Å²) in [5, 5.41) is 14.7. The molecule has 0 amide bonds. The fourth-order valence-electron chi connectivity index (χ4n) is 3.49. The van der Waals surface area contributed by atoms with Crippen LogP contribution in [0.25, 0.3) is 32.7 Å². The normalized spacial score (nSPS) is 11.0. The quantitative estimate of drug-likeness (QED) is 0.493. The molecule has 0 radical (unpaired) electrons. The van der Waals surface area contributed by atoms with Crippen LogP contribution in [0.15, 0.2) is 66.7 Å². The molecule has 0 saturated heterocycles. The summed E-state index contributed by atoms with van der Waals surface area (Å²) in [5.41, 5.74) is 1.71. The highest BCUT2D eigenvalue weighted by Crippen LogP contribution is 2.46. The highest BCUT2D eigenvalue weighted by Gasteiger charge is 2.20. The maximum absolute atomic E-state index is 11.5. The Bertz CT molecular complexity index is 1130. The Hall–Kier alpha value is -3.33. The number of carbonyl (C=O) groups excluding carboxylic acids is 1. The monoisotopic (exact) mass is 342 g/mol. The van der Waals surface area contributed by atoms with Crippen LogP contribution in [0, 0.1) is 0 Å². The number of rotatable bonds is 4. The molecule has 1 N–H and O–H groups in total. The Balaban J connectivity index is 2.21. The Morgan fingerprint density at radius 3 is 2.23 bits per heavy atom. The van der Waals surface area contributed by atoms with E-state index in [1.54, 1.807) is 6.07 Å². The Morgan fingerprint density at radius 1 is 0.885 bits per heavy atom. The predicted octanol–water partition coefficient (Wildman–Crippen LogP) is 5.58. The van der Waals surface area contributed by atoms with Gasteiger partial charge in [0.2, 0.25) is 0 Å². The lowest BCUT2D eigenvalue weighted by Gasteiger charge is -2.17. The van der Waals surface area contributed by atoms with Crippen LogP contribution in [-0.2, 0) is 0 Å². The van der Waals surface area contributed by atoms with Crippen molar-refractivity contribution in [2.45, 2.75) is 6.92 Å². The van der Waals surface area contributed by atoms with E-state index in [1.807, 2.05) is 67.6 Å². The molecule has 0 atom stereocenters. The average Bonchev–Trinajstić information content (AvgIpc) is 2.68. The van der Waals surface area contributed by atoms with Gasteiger partial charge in [0.1, 0.15) is 11.5 Å². The van der Waals surface area contributed by atoms with Gasteiger partial charge in [-0.3, -0.25) is 4.79 Å². The number of hydrogen-bond acceptors (Lipinski definition) is 3. The van der Waals surface area contributed by atoms with Gasteiger partial charge < -0.3 is 9.84 Å². The number of fused-ring (bicyclic) bond motifs is 2. The van der Waals surface area contributed by atoms with Gasteiger partial charge in [-0.15, -0.1) is 0 Å². The molecule has 0 spiro atoms. The number of phenolic OH excluding ortho intramolecular Hbond substituents is 1. The molecule has 0 bridgehead atoms. The molecule has 4 rings (SSSR count). The lowest BCUT2D eigenvalue weighted by Crippen LogP contribution is -1.97. The highest BCUT2D eigenvalue weighted by atomic mass is 16.5. The second-order valence-corrected chi connectivity index (χ2v) is 6.12. The molecule has 26 heavy (non-hydrogen) atoms. The van der Waals surface area contributed by atoms with Gasteiger partial charge in [0.05, 0.1) is 12.2 Å². The van der Waals surface area contributed by atoms with E-state index >= 15 is 0 Å². The highest BCUT2D eigenvalue weighted by molar-refractivity contribution is 6.11. The van der Waals surface area contributed by atoms with Crippen molar-refractivity contribution in [2.75, 3.05) is 6.61 Å². The number of phenols is 1. The van der Waals surface area contributed by atoms with Crippen molar-refractivity contribution < 1.29 is 14.6 Å². The van der Waals surface area contributed by atoms with Crippen LogP contribution < -0.4 is 4.74 Å². The number of hydrogen-bond donors (Lipinski definition) is 1. The third-order valence-corrected chi connectivity index (χ3v) is 4.62. The topological polar surface area (TPSA) is 46.5 Å². The summed E-state index contributed by atoms with van der Waals surface area (Å²) in [7, 11) is 0. The van der Waals surface area contributed by atoms with Gasteiger partial charge in [-0.2, -0.15) is 0 Å². The van der Waals surface area contributed by atoms with Crippen LogP contribution in [0.1, 0.15) is 17.3 Å². The molecule has 0 unspecified atom stereocenters. The van der Waals surface area contributed by atoms with Crippen LogP contribution in [0.5, 0.6) is 11.5 Å². The van der Waals surface area contributed by atoms with Gasteiger partial charge in [0, 0.05) is 11.1 Å². The van der Waals surface area contributed by atoms with Gasteiger partial charge in [-0.1, -0.05) is 54.6 Å². The summed E-state index contributed by atoms with van der Waals surface area (Å²) in [6.45, 7) is 2.44. The molecule has 0 heterocycles. The maximum atomic E-state index is 11.5. The van der Waals surface area contributed by atoms with Crippen molar-refractivity contribution in [1.82, 2.24) is 0 Å². The standard InChI is InChI=1S/C23H18O3/c1-2-26-20-12-11-15-7-3-5-9-18(15)21(20)22-19-10-6-4-8-16(19)13-17(14-24)23(22)25/h3-14,25H,2H2,1H3. The summed E-state index contributed by atoms with van der Waals surface area (Å²) in [6.07, 6.45) is 0.691. The van der Waals surface area contributed by atoms with Crippen LogP contribution >= 0.6 is 0 Å². The maximum Gasteiger partial charge on any atom is 0.153 e. The lowest BCUT2D eigenvalue weighted by molar-refractivity contribution is 0.112. The minimum Gasteiger partial charge on any atom is -0.507 e. The fourth-order valence-corrected chi connectivity index (χ4v) is 3.49. The zero-order chi connectivity index (χ0) is 18.1. The Labute approximate surface area is 151 Å². The molecule has 128 valence electrons. The summed E-state index contributed by atoms with van der Waals surface area (Å²) in [5.74, 6) is 0.672. The zero-order valence-electron chi connectivity index (χ0n) is 14.4. The van der Waals surface area contributed by atoms with E-state index < -0.39 is 0 Å². The molecule has 0 aliphatic heterocycles. The van der Waals surface area contributed by atoms with Crippen molar-refractivity contribution in [3.8, 4) is 22.6 Å². The van der Waals surface area contributed by atoms with Crippen LogP contribution in [-0.4, -0.2) is 18.0 Å². The summed E-state index contributed by atoms with van der Waals surface area (Å²) >= 11 is 0. The first-order chi connectivity index (χ1) is 12.7. The molecule has 0 aromatic heterocycles. The van der Waals surface area contributed by atoms with Gasteiger partial charge in [-0.25, -0.2) is 0 Å². The number of ether oxygens (including phenoxy) is 1. The number of aromatic hydroxyl groups is 1. The minimum atomic E-state index is -0.0176.